The van der Waals surface area contributed by atoms with Crippen LogP contribution < -0.4 is 0 Å². The Bertz CT molecular complexity index is 6050. The molecule has 0 spiro atoms. The molecule has 0 aliphatic heterocycles. The lowest BCUT2D eigenvalue weighted by molar-refractivity contribution is 1.44. The molecule has 0 bridgehead atoms. The van der Waals surface area contributed by atoms with E-state index < -0.39 is 0 Å². The lowest BCUT2D eigenvalue weighted by Gasteiger charge is -2.16. The van der Waals surface area contributed by atoms with Crippen LogP contribution in [0, 0.1) is 48.5 Å². The largest absolute Gasteiger partial charge is 0.0622 e. The number of benzene rings is 19. The van der Waals surface area contributed by atoms with Crippen LogP contribution in [0.15, 0.2) is 504 Å². The molecule has 0 heterocycles. The van der Waals surface area contributed by atoms with E-state index in [2.05, 4.69) is 534 Å². The predicted molar refractivity (Wildman–Crippen MR) is 523 cm³/mol. The van der Waals surface area contributed by atoms with Gasteiger partial charge in [0, 0.05) is 0 Å². The maximum Gasteiger partial charge on any atom is -0.0142 e. The minimum absolute atomic E-state index is 1.25. The van der Waals surface area contributed by atoms with Crippen molar-refractivity contribution in [3.05, 3.63) is 542 Å². The summed E-state index contributed by atoms with van der Waals surface area (Å²) in [6, 6.07) is 177. The van der Waals surface area contributed by atoms with E-state index in [4.69, 9.17) is 0 Å². The van der Waals surface area contributed by atoms with Gasteiger partial charge in [-0.3, -0.25) is 0 Å². The van der Waals surface area contributed by atoms with Crippen molar-refractivity contribution in [2.24, 2.45) is 0 Å². The summed E-state index contributed by atoms with van der Waals surface area (Å²) in [5.74, 6) is 0. The molecule has 0 amide bonds. The molecule has 0 radical (unpaired) electrons. The Morgan fingerprint density at radius 3 is 0.669 bits per heavy atom. The first-order chi connectivity index (χ1) is 59.5. The van der Waals surface area contributed by atoms with Gasteiger partial charge in [-0.1, -0.05) is 490 Å². The van der Waals surface area contributed by atoms with E-state index in [0.29, 0.717) is 0 Å². The summed E-state index contributed by atoms with van der Waals surface area (Å²) in [4.78, 5) is 0. The van der Waals surface area contributed by atoms with Gasteiger partial charge < -0.3 is 0 Å². The molecule has 0 N–H and O–H groups in total. The average molecular weight is 1560 g/mol. The molecule has 0 aliphatic carbocycles. The highest BCUT2D eigenvalue weighted by Gasteiger charge is 2.14. The second-order valence-electron chi connectivity index (χ2n) is 30.2. The molecule has 0 atom stereocenters. The van der Waals surface area contributed by atoms with Crippen molar-refractivity contribution in [3.63, 3.8) is 0 Å². The van der Waals surface area contributed by atoms with E-state index in [9.17, 15) is 0 Å². The van der Waals surface area contributed by atoms with Gasteiger partial charge in [-0.15, -0.1) is 0 Å². The molecule has 0 saturated heterocycles. The van der Waals surface area contributed by atoms with Crippen LogP contribution in [0.2, 0.25) is 0 Å². The third kappa shape index (κ3) is 24.2. The van der Waals surface area contributed by atoms with E-state index in [1.807, 2.05) is 18.2 Å². The summed E-state index contributed by atoms with van der Waals surface area (Å²) < 4.78 is 0. The van der Waals surface area contributed by atoms with E-state index >= 15 is 0 Å². The smallest absolute Gasteiger partial charge is 0.0142 e. The van der Waals surface area contributed by atoms with E-state index in [1.54, 1.807) is 0 Å². The van der Waals surface area contributed by atoms with Gasteiger partial charge in [0.15, 0.2) is 0 Å². The third-order valence-electron chi connectivity index (χ3n) is 21.4. The van der Waals surface area contributed by atoms with Crippen LogP contribution in [0.5, 0.6) is 0 Å². The molecule has 588 valence electrons. The van der Waals surface area contributed by atoms with E-state index in [-0.39, 0.29) is 0 Å². The van der Waals surface area contributed by atoms with E-state index in [1.165, 1.54) is 172 Å². The second kappa shape index (κ2) is 43.9. The molecule has 0 heteroatoms. The Morgan fingerprint density at radius 1 is 0.0992 bits per heavy atom. The van der Waals surface area contributed by atoms with Crippen LogP contribution in [0.4, 0.5) is 0 Å². The van der Waals surface area contributed by atoms with Crippen molar-refractivity contribution in [2.75, 3.05) is 0 Å². The van der Waals surface area contributed by atoms with Crippen LogP contribution in [0.1, 0.15) is 38.9 Å². The van der Waals surface area contributed by atoms with Crippen LogP contribution in [0.3, 0.4) is 0 Å². The molecular weight excluding hydrogens is 1450 g/mol. The van der Waals surface area contributed by atoms with Crippen molar-refractivity contribution >= 4 is 0 Å². The molecule has 19 rings (SSSR count). The van der Waals surface area contributed by atoms with Crippen LogP contribution in [-0.2, 0) is 0 Å². The van der Waals surface area contributed by atoms with Crippen LogP contribution >= 0.6 is 0 Å². The Kier molecular flexibility index (Phi) is 30.5. The summed E-state index contributed by atoms with van der Waals surface area (Å²) in [5, 5.41) is 0. The third-order valence-corrected chi connectivity index (χ3v) is 21.4. The average Bonchev–Trinajstić information content (AvgIpc) is 0.781. The highest BCUT2D eigenvalue weighted by molar-refractivity contribution is 5.86. The van der Waals surface area contributed by atoms with Gasteiger partial charge in [0.05, 0.1) is 0 Å². The second-order valence-corrected chi connectivity index (χ2v) is 30.2. The van der Waals surface area contributed by atoms with Crippen molar-refractivity contribution in [3.8, 4) is 134 Å². The highest BCUT2D eigenvalue weighted by Crippen LogP contribution is 2.39. The van der Waals surface area contributed by atoms with E-state index in [0.717, 1.165) is 0 Å². The first-order valence-corrected chi connectivity index (χ1v) is 41.8. The van der Waals surface area contributed by atoms with Crippen molar-refractivity contribution < 1.29 is 0 Å². The number of hydrogen-bond acceptors (Lipinski definition) is 0. The fourth-order valence-electron chi connectivity index (χ4n) is 14.9. The van der Waals surface area contributed by atoms with Crippen molar-refractivity contribution in [1.29, 1.82) is 0 Å². The molecule has 0 aliphatic rings. The molecule has 19 aromatic rings. The molecule has 0 saturated carbocycles. The summed E-state index contributed by atoms with van der Waals surface area (Å²) in [6.07, 6.45) is 0. The molecule has 0 fully saturated rings. The maximum absolute atomic E-state index is 2.31. The fraction of sp³-hybridized carbons (Fsp3) is 0.0579. The maximum atomic E-state index is 2.31. The SMILES string of the molecule is Cc1c(-c2ccccc2)cc(-c2ccccc2)cc1-c1ccccc1.Cc1c(-c2ccccc2)cccc1-c1ccccc1.Cc1cc(-c2ccccc2)cc(-c2ccccc2)c1.Cc1ccc(-c2ccccc2)cc1.Cc1ccc(-c2ccccc2)cc1-c1ccccc1.Cc1cccc(-c2ccccc2)c1.Cc1ccccc1-c1ccccc1. The molecule has 19 aromatic carbocycles. The quantitative estimate of drug-likeness (QED) is 0.114. The summed E-state index contributed by atoms with van der Waals surface area (Å²) in [6.45, 7) is 15.1. The number of rotatable bonds is 12. The van der Waals surface area contributed by atoms with Gasteiger partial charge >= 0.3 is 0 Å². The minimum atomic E-state index is 1.25. The van der Waals surface area contributed by atoms with Crippen molar-refractivity contribution in [2.45, 2.75) is 48.5 Å². The molecule has 0 aromatic heterocycles. The Hall–Kier alpha value is -14.8. The van der Waals surface area contributed by atoms with Crippen LogP contribution in [-0.4, -0.2) is 0 Å². The first-order valence-electron chi connectivity index (χ1n) is 41.8. The first kappa shape index (κ1) is 84.1. The normalized spacial score (nSPS) is 10.3. The summed E-state index contributed by atoms with van der Waals surface area (Å²) in [7, 11) is 0. The van der Waals surface area contributed by atoms with Crippen molar-refractivity contribution in [1.82, 2.24) is 0 Å². The van der Waals surface area contributed by atoms with Crippen LogP contribution in [0.25, 0.3) is 134 Å². The zero-order valence-electron chi connectivity index (χ0n) is 70.4. The molecular formula is C121H104. The molecule has 0 unspecified atom stereocenters. The summed E-state index contributed by atoms with van der Waals surface area (Å²) in [5.41, 5.74) is 39.9. The molecule has 121 heavy (non-hydrogen) atoms. The van der Waals surface area contributed by atoms with Gasteiger partial charge in [0.2, 0.25) is 0 Å². The Morgan fingerprint density at radius 2 is 0.314 bits per heavy atom. The number of aryl methyl sites for hydroxylation is 5. The van der Waals surface area contributed by atoms with Gasteiger partial charge in [-0.25, -0.2) is 0 Å². The highest BCUT2D eigenvalue weighted by atomic mass is 14.2. The monoisotopic (exact) mass is 1560 g/mol. The number of hydrogen-bond donors (Lipinski definition) is 0. The predicted octanol–water partition coefficient (Wildman–Crippen LogP) is 34.0. The zero-order chi connectivity index (χ0) is 83.6. The van der Waals surface area contributed by atoms with Gasteiger partial charge in [-0.05, 0) is 234 Å². The Labute approximate surface area is 719 Å². The summed E-state index contributed by atoms with van der Waals surface area (Å²) >= 11 is 0. The minimum Gasteiger partial charge on any atom is -0.0622 e. The van der Waals surface area contributed by atoms with Gasteiger partial charge in [0.1, 0.15) is 0 Å². The standard InChI is InChI=1S/C25H20.3C19H16.3C13H12/c1-19-24(21-13-7-3-8-14-21)17-23(20-11-5-2-6-12-20)18-25(19)22-15-9-4-10-16-22;1-15-18(16-9-4-2-5-10-16)13-8-14-19(15)17-11-6-3-7-12-17;1-15-12-18(16-8-4-2-5-9-16)14-19(13-15)17-10-6-3-7-11-17;1-15-12-13-18(16-8-4-2-5-9-16)14-19(15)17-10-6-3-7-11-17;1-11-7-5-6-10-13(11)12-8-3-2-4-9-12;1-11-6-5-9-13(10-11)12-7-3-2-4-8-12;1-11-7-9-13(10-8-11)12-5-3-2-4-6-12/h2-18H,1H3;3*2-14H,1H3;3*2-10H,1H3. The Balaban J connectivity index is 0.000000123. The lowest BCUT2D eigenvalue weighted by Crippen LogP contribution is -1.91. The lowest BCUT2D eigenvalue weighted by atomic mass is 9.88. The fourth-order valence-corrected chi connectivity index (χ4v) is 14.9. The molecule has 0 nitrogen and oxygen atoms in total. The van der Waals surface area contributed by atoms with Gasteiger partial charge in [0.25, 0.3) is 0 Å². The van der Waals surface area contributed by atoms with Gasteiger partial charge in [-0.2, -0.15) is 0 Å². The zero-order valence-corrected chi connectivity index (χ0v) is 70.4. The topological polar surface area (TPSA) is 0 Å².